The zero-order chi connectivity index (χ0) is 9.97. The van der Waals surface area contributed by atoms with Crippen LogP contribution in [0.3, 0.4) is 0 Å². The smallest absolute Gasteiger partial charge is 0.332 e. The van der Waals surface area contributed by atoms with Crippen molar-refractivity contribution in [3.05, 3.63) is 30.1 Å². The van der Waals surface area contributed by atoms with E-state index in [0.717, 1.165) is 11.3 Å². The van der Waals surface area contributed by atoms with Crippen LogP contribution in [0.5, 0.6) is 0 Å². The van der Waals surface area contributed by atoms with Crippen LogP contribution in [0.15, 0.2) is 24.5 Å². The van der Waals surface area contributed by atoms with Gasteiger partial charge in [-0.3, -0.25) is 4.98 Å². The van der Waals surface area contributed by atoms with E-state index in [1.165, 1.54) is 7.11 Å². The summed E-state index contributed by atoms with van der Waals surface area (Å²) in [6.07, 6.45) is 7.06. The summed E-state index contributed by atoms with van der Waals surface area (Å²) in [5, 5.41) is 3.02. The zero-order valence-corrected chi connectivity index (χ0v) is 7.73. The highest BCUT2D eigenvalue weighted by Crippen LogP contribution is 2.21. The van der Waals surface area contributed by atoms with Crippen LogP contribution >= 0.6 is 0 Å². The molecule has 1 aliphatic rings. The molecule has 1 N–H and O–H groups in total. The third kappa shape index (κ3) is 1.46. The molecule has 1 unspecified atom stereocenters. The van der Waals surface area contributed by atoms with Crippen LogP contribution in [0, 0.1) is 0 Å². The highest BCUT2D eigenvalue weighted by molar-refractivity contribution is 5.86. The fourth-order valence-electron chi connectivity index (χ4n) is 1.35. The Kier molecular flexibility index (Phi) is 2.18. The fraction of sp³-hybridized carbons (Fsp3) is 0.200. The summed E-state index contributed by atoms with van der Waals surface area (Å²) in [4.78, 5) is 15.2. The molecule has 4 nitrogen and oxygen atoms in total. The highest BCUT2D eigenvalue weighted by Gasteiger charge is 2.19. The molecule has 0 fully saturated rings. The standard InChI is InChI=1S/C10H10N2O2/c1-14-10(13)8-3-2-7-4-5-11-6-9(7)12-8/h2-6,8,12H,1H3. The van der Waals surface area contributed by atoms with Gasteiger partial charge in [-0.1, -0.05) is 12.2 Å². The number of hydrogen-bond donors (Lipinski definition) is 1. The number of carbonyl (C=O) groups is 1. The third-order valence-electron chi connectivity index (χ3n) is 2.09. The highest BCUT2D eigenvalue weighted by atomic mass is 16.5. The van der Waals surface area contributed by atoms with Gasteiger partial charge in [0.1, 0.15) is 6.04 Å². The number of pyridine rings is 1. The van der Waals surface area contributed by atoms with E-state index in [2.05, 4.69) is 15.0 Å². The van der Waals surface area contributed by atoms with Gasteiger partial charge in [-0.15, -0.1) is 0 Å². The molecule has 0 spiro atoms. The number of hydrogen-bond acceptors (Lipinski definition) is 4. The molecule has 0 bridgehead atoms. The van der Waals surface area contributed by atoms with Crippen molar-refractivity contribution in [1.29, 1.82) is 0 Å². The van der Waals surface area contributed by atoms with E-state index >= 15 is 0 Å². The Bertz CT molecular complexity index is 387. The van der Waals surface area contributed by atoms with E-state index in [0.29, 0.717) is 0 Å². The van der Waals surface area contributed by atoms with Gasteiger partial charge in [0.05, 0.1) is 19.0 Å². The maximum atomic E-state index is 11.2. The first kappa shape index (κ1) is 8.74. The Labute approximate surface area is 81.6 Å². The van der Waals surface area contributed by atoms with Crippen LogP contribution in [0.1, 0.15) is 5.56 Å². The topological polar surface area (TPSA) is 51.2 Å². The van der Waals surface area contributed by atoms with Crippen LogP contribution in [0.25, 0.3) is 6.08 Å². The maximum Gasteiger partial charge on any atom is 0.332 e. The van der Waals surface area contributed by atoms with Crippen molar-refractivity contribution in [2.24, 2.45) is 0 Å². The van der Waals surface area contributed by atoms with Crippen LogP contribution in [0.2, 0.25) is 0 Å². The minimum atomic E-state index is -0.406. The van der Waals surface area contributed by atoms with Crippen molar-refractivity contribution in [1.82, 2.24) is 4.98 Å². The molecule has 4 heteroatoms. The van der Waals surface area contributed by atoms with Crippen molar-refractivity contribution in [3.63, 3.8) is 0 Å². The molecule has 0 aromatic carbocycles. The molecule has 0 amide bonds. The summed E-state index contributed by atoms with van der Waals surface area (Å²) in [5.74, 6) is -0.296. The largest absolute Gasteiger partial charge is 0.467 e. The first-order valence-corrected chi connectivity index (χ1v) is 4.28. The molecule has 0 radical (unpaired) electrons. The zero-order valence-electron chi connectivity index (χ0n) is 7.73. The quantitative estimate of drug-likeness (QED) is 0.673. The van der Waals surface area contributed by atoms with Gasteiger partial charge in [-0.25, -0.2) is 4.79 Å². The van der Waals surface area contributed by atoms with E-state index in [9.17, 15) is 4.79 Å². The molecule has 2 rings (SSSR count). The van der Waals surface area contributed by atoms with Gasteiger partial charge in [0.25, 0.3) is 0 Å². The minimum Gasteiger partial charge on any atom is -0.467 e. The first-order valence-electron chi connectivity index (χ1n) is 4.28. The van der Waals surface area contributed by atoms with Crippen molar-refractivity contribution in [2.75, 3.05) is 12.4 Å². The molecular weight excluding hydrogens is 180 g/mol. The lowest BCUT2D eigenvalue weighted by molar-refractivity contribution is -0.140. The summed E-state index contributed by atoms with van der Waals surface area (Å²) in [5.41, 5.74) is 1.88. The predicted molar refractivity (Wildman–Crippen MR) is 52.7 cm³/mol. The second kappa shape index (κ2) is 3.49. The number of anilines is 1. The van der Waals surface area contributed by atoms with Crippen LogP contribution in [-0.4, -0.2) is 24.1 Å². The average Bonchev–Trinajstić information content (AvgIpc) is 2.27. The van der Waals surface area contributed by atoms with E-state index in [1.807, 2.05) is 12.1 Å². The Morgan fingerprint density at radius 1 is 1.64 bits per heavy atom. The van der Waals surface area contributed by atoms with Crippen LogP contribution in [-0.2, 0) is 9.53 Å². The molecule has 72 valence electrons. The molecule has 1 atom stereocenters. The van der Waals surface area contributed by atoms with Gasteiger partial charge < -0.3 is 10.1 Å². The van der Waals surface area contributed by atoms with E-state index in [-0.39, 0.29) is 5.97 Å². The number of nitrogens with one attached hydrogen (secondary N) is 1. The SMILES string of the molecule is COC(=O)C1C=Cc2ccncc2N1. The van der Waals surface area contributed by atoms with Gasteiger partial charge in [0.15, 0.2) is 0 Å². The Morgan fingerprint density at radius 3 is 3.29 bits per heavy atom. The third-order valence-corrected chi connectivity index (χ3v) is 2.09. The molecule has 0 saturated carbocycles. The summed E-state index contributed by atoms with van der Waals surface area (Å²) < 4.78 is 4.63. The van der Waals surface area contributed by atoms with Gasteiger partial charge in [0, 0.05) is 11.8 Å². The van der Waals surface area contributed by atoms with E-state index < -0.39 is 6.04 Å². The van der Waals surface area contributed by atoms with Crippen molar-refractivity contribution < 1.29 is 9.53 Å². The monoisotopic (exact) mass is 190 g/mol. The summed E-state index contributed by atoms with van der Waals surface area (Å²) in [6.45, 7) is 0. The van der Waals surface area contributed by atoms with Gasteiger partial charge in [0.2, 0.25) is 0 Å². The van der Waals surface area contributed by atoms with Crippen molar-refractivity contribution in [2.45, 2.75) is 6.04 Å². The fourth-order valence-corrected chi connectivity index (χ4v) is 1.35. The lowest BCUT2D eigenvalue weighted by Gasteiger charge is -2.19. The predicted octanol–water partition coefficient (Wildman–Crippen LogP) is 1.06. The number of nitrogens with zero attached hydrogens (tertiary/aromatic N) is 1. The first-order chi connectivity index (χ1) is 6.81. The maximum absolute atomic E-state index is 11.2. The molecule has 0 aliphatic carbocycles. The number of ether oxygens (including phenoxy) is 1. The number of carbonyl (C=O) groups excluding carboxylic acids is 1. The number of esters is 1. The van der Waals surface area contributed by atoms with Crippen LogP contribution < -0.4 is 5.32 Å². The second-order valence-electron chi connectivity index (χ2n) is 2.97. The second-order valence-corrected chi connectivity index (χ2v) is 2.97. The molecule has 1 aromatic heterocycles. The molecule has 0 saturated heterocycles. The summed E-state index contributed by atoms with van der Waals surface area (Å²) in [6, 6.07) is 1.48. The normalized spacial score (nSPS) is 18.2. The number of aromatic nitrogens is 1. The minimum absolute atomic E-state index is 0.296. The van der Waals surface area contributed by atoms with Crippen LogP contribution in [0.4, 0.5) is 5.69 Å². The summed E-state index contributed by atoms with van der Waals surface area (Å²) >= 11 is 0. The number of fused-ring (bicyclic) bond motifs is 1. The Hall–Kier alpha value is -1.84. The van der Waals surface area contributed by atoms with Gasteiger partial charge in [-0.2, -0.15) is 0 Å². The summed E-state index contributed by atoms with van der Waals surface area (Å²) in [7, 11) is 1.37. The lowest BCUT2D eigenvalue weighted by atomic mass is 10.1. The molecule has 1 aliphatic heterocycles. The van der Waals surface area contributed by atoms with E-state index in [4.69, 9.17) is 0 Å². The van der Waals surface area contributed by atoms with Crippen molar-refractivity contribution >= 4 is 17.7 Å². The average molecular weight is 190 g/mol. The molecule has 1 aromatic rings. The lowest BCUT2D eigenvalue weighted by Crippen LogP contribution is -2.30. The van der Waals surface area contributed by atoms with Gasteiger partial charge >= 0.3 is 5.97 Å². The molecule has 14 heavy (non-hydrogen) atoms. The molecular formula is C10H10N2O2. The number of methoxy groups -OCH3 is 1. The number of rotatable bonds is 1. The molecule has 2 heterocycles. The Balaban J connectivity index is 2.25. The Morgan fingerprint density at radius 2 is 2.50 bits per heavy atom. The van der Waals surface area contributed by atoms with E-state index in [1.54, 1.807) is 18.5 Å². The van der Waals surface area contributed by atoms with Gasteiger partial charge in [-0.05, 0) is 6.07 Å². The van der Waals surface area contributed by atoms with Crippen molar-refractivity contribution in [3.8, 4) is 0 Å².